The van der Waals surface area contributed by atoms with E-state index in [1.54, 1.807) is 24.1 Å². The molecule has 0 radical (unpaired) electrons. The van der Waals surface area contributed by atoms with Crippen molar-refractivity contribution in [2.75, 3.05) is 13.6 Å². The number of hydrogen-bond donors (Lipinski definition) is 1. The van der Waals surface area contributed by atoms with Gasteiger partial charge >= 0.3 is 6.09 Å². The van der Waals surface area contributed by atoms with Crippen LogP contribution in [0.25, 0.3) is 5.76 Å². The molecule has 0 aliphatic carbocycles. The summed E-state index contributed by atoms with van der Waals surface area (Å²) in [5.74, 6) is -2.02. The third kappa shape index (κ3) is 6.95. The maximum atomic E-state index is 13.6. The van der Waals surface area contributed by atoms with Gasteiger partial charge in [0.25, 0.3) is 5.92 Å². The lowest BCUT2D eigenvalue weighted by atomic mass is 10.0. The number of aliphatic imine (C=N–C) groups is 1. The van der Waals surface area contributed by atoms with Gasteiger partial charge < -0.3 is 9.47 Å². The van der Waals surface area contributed by atoms with Crippen molar-refractivity contribution < 1.29 is 23.0 Å². The number of carbonyl (C=O) groups is 1. The number of rotatable bonds is 4. The molecule has 8 heteroatoms. The number of halogens is 2. The Labute approximate surface area is 195 Å². The van der Waals surface area contributed by atoms with E-state index in [1.807, 2.05) is 34.6 Å². The topological polar surface area (TPSA) is 51.1 Å². The van der Waals surface area contributed by atoms with Crippen LogP contribution in [-0.4, -0.2) is 47.4 Å². The lowest BCUT2D eigenvalue weighted by Gasteiger charge is -2.39. The predicted octanol–water partition coefficient (Wildman–Crippen LogP) is 6.29. The van der Waals surface area contributed by atoms with Crippen LogP contribution in [0.15, 0.2) is 34.8 Å². The van der Waals surface area contributed by atoms with Gasteiger partial charge in [0.1, 0.15) is 17.4 Å². The highest BCUT2D eigenvalue weighted by Crippen LogP contribution is 2.31. The van der Waals surface area contributed by atoms with Crippen molar-refractivity contribution in [1.82, 2.24) is 4.90 Å². The van der Waals surface area contributed by atoms with Crippen molar-refractivity contribution in [3.63, 3.8) is 0 Å². The highest BCUT2D eigenvalue weighted by Gasteiger charge is 2.37. The summed E-state index contributed by atoms with van der Waals surface area (Å²) in [5, 5.41) is 0.0306. The predicted molar refractivity (Wildman–Crippen MR) is 127 cm³/mol. The van der Waals surface area contributed by atoms with E-state index in [0.717, 1.165) is 18.9 Å². The second-order valence-corrected chi connectivity index (χ2v) is 10.1. The number of nitrogens with zero attached hydrogens (tertiary/aromatic N) is 2. The number of carbonyl (C=O) groups excluding carboxylic acids is 1. The first kappa shape index (κ1) is 26.2. The molecule has 1 aliphatic rings. The third-order valence-corrected chi connectivity index (χ3v) is 5.43. The van der Waals surface area contributed by atoms with Crippen LogP contribution >= 0.6 is 12.6 Å². The van der Waals surface area contributed by atoms with Gasteiger partial charge in [-0.1, -0.05) is 24.3 Å². The molecule has 178 valence electrons. The number of piperidine rings is 1. The lowest BCUT2D eigenvalue weighted by Crippen LogP contribution is -2.53. The van der Waals surface area contributed by atoms with Gasteiger partial charge in [0.2, 0.25) is 5.90 Å². The number of benzene rings is 1. The zero-order chi connectivity index (χ0) is 24.3. The van der Waals surface area contributed by atoms with Crippen LogP contribution in [0.5, 0.6) is 0 Å². The van der Waals surface area contributed by atoms with Crippen LogP contribution < -0.4 is 0 Å². The molecule has 1 heterocycles. The number of ether oxygens (including phenoxy) is 2. The average molecular weight is 469 g/mol. The molecular weight excluding hydrogens is 434 g/mol. The molecule has 1 fully saturated rings. The maximum Gasteiger partial charge on any atom is 0.411 e. The van der Waals surface area contributed by atoms with Crippen molar-refractivity contribution >= 4 is 30.4 Å². The van der Waals surface area contributed by atoms with Crippen molar-refractivity contribution in [2.24, 2.45) is 4.99 Å². The van der Waals surface area contributed by atoms with Gasteiger partial charge in [0, 0.05) is 36.9 Å². The molecule has 1 aromatic rings. The van der Waals surface area contributed by atoms with Crippen LogP contribution in [0.1, 0.15) is 65.5 Å². The Morgan fingerprint density at radius 2 is 1.72 bits per heavy atom. The summed E-state index contributed by atoms with van der Waals surface area (Å²) >= 11 is 4.56. The number of likely N-dealkylation sites (tertiary alicyclic amines) is 1. The average Bonchev–Trinajstić information content (AvgIpc) is 2.67. The van der Waals surface area contributed by atoms with Crippen molar-refractivity contribution in [3.8, 4) is 0 Å². The van der Waals surface area contributed by atoms with Crippen molar-refractivity contribution in [1.29, 1.82) is 0 Å². The summed E-state index contributed by atoms with van der Waals surface area (Å²) in [6.45, 7) is 10.5. The number of amides is 1. The molecule has 0 aromatic heterocycles. The molecule has 1 saturated heterocycles. The summed E-state index contributed by atoms with van der Waals surface area (Å²) in [6, 6.07) is 5.59. The smallest absolute Gasteiger partial charge is 0.411 e. The van der Waals surface area contributed by atoms with E-state index in [4.69, 9.17) is 9.47 Å². The zero-order valence-corrected chi connectivity index (χ0v) is 20.8. The molecule has 1 unspecified atom stereocenters. The fourth-order valence-electron chi connectivity index (χ4n) is 3.46. The SMILES string of the molecule is C/N=C(\OC(=C(C)C)c1ccc(C(C)(F)F)cc1)[C@H]1CCC(S)CN1C(=O)OC(C)(C)C. The minimum atomic E-state index is -2.92. The van der Waals surface area contributed by atoms with Crippen LogP contribution in [0, 0.1) is 0 Å². The molecule has 5 nitrogen and oxygen atoms in total. The van der Waals surface area contributed by atoms with Crippen molar-refractivity contribution in [3.05, 3.63) is 41.0 Å². The molecule has 2 atom stereocenters. The van der Waals surface area contributed by atoms with Gasteiger partial charge in [-0.3, -0.25) is 9.89 Å². The Morgan fingerprint density at radius 3 is 2.19 bits per heavy atom. The summed E-state index contributed by atoms with van der Waals surface area (Å²) in [5.41, 5.74) is 0.811. The molecule has 32 heavy (non-hydrogen) atoms. The van der Waals surface area contributed by atoms with Gasteiger partial charge in [-0.15, -0.1) is 0 Å². The fraction of sp³-hybridized carbons (Fsp3) is 0.583. The summed E-state index contributed by atoms with van der Waals surface area (Å²) in [6.07, 6.45) is 0.969. The molecule has 2 rings (SSSR count). The standard InChI is InChI=1S/C24H34F2N2O3S/c1-15(2)20(16-8-10-17(11-9-16)24(6,25)26)30-21(27-7)19-13-12-18(32)14-28(19)22(29)31-23(3,4)5/h8-11,18-19,32H,12-14H2,1-7H3/b27-21-/t18?,19-/m1/s1. The second-order valence-electron chi connectivity index (χ2n) is 9.34. The molecule has 0 spiro atoms. The first-order valence-electron chi connectivity index (χ1n) is 10.7. The molecular formula is C24H34F2N2O3S. The molecule has 0 N–H and O–H groups in total. The fourth-order valence-corrected chi connectivity index (χ4v) is 3.79. The molecule has 1 amide bonds. The largest absolute Gasteiger partial charge is 0.444 e. The van der Waals surface area contributed by atoms with Crippen molar-refractivity contribution in [2.45, 2.75) is 77.2 Å². The molecule has 0 bridgehead atoms. The Kier molecular flexibility index (Phi) is 8.37. The Morgan fingerprint density at radius 1 is 1.12 bits per heavy atom. The second kappa shape index (κ2) is 10.2. The normalized spacial score (nSPS) is 20.1. The lowest BCUT2D eigenvalue weighted by molar-refractivity contribution is 0.0156. The van der Waals surface area contributed by atoms with Crippen LogP contribution in [0.3, 0.4) is 0 Å². The van der Waals surface area contributed by atoms with Gasteiger partial charge in [-0.25, -0.2) is 13.6 Å². The van der Waals surface area contributed by atoms with E-state index in [-0.39, 0.29) is 10.8 Å². The Hall–Kier alpha value is -2.09. The summed E-state index contributed by atoms with van der Waals surface area (Å²) < 4.78 is 39.0. The van der Waals surface area contributed by atoms with Gasteiger partial charge in [0.15, 0.2) is 0 Å². The van der Waals surface area contributed by atoms with Crippen LogP contribution in [-0.2, 0) is 15.4 Å². The number of allylic oxidation sites excluding steroid dienone is 1. The first-order valence-corrected chi connectivity index (χ1v) is 11.2. The van der Waals surface area contributed by atoms with Gasteiger partial charge in [-0.05, 0) is 53.0 Å². The molecule has 1 aromatic carbocycles. The number of thiol groups is 1. The third-order valence-electron chi connectivity index (χ3n) is 5.01. The highest BCUT2D eigenvalue weighted by atomic mass is 32.1. The minimum absolute atomic E-state index is 0.0306. The molecule has 1 aliphatic heterocycles. The van der Waals surface area contributed by atoms with E-state index in [2.05, 4.69) is 17.6 Å². The van der Waals surface area contributed by atoms with Gasteiger partial charge in [0.05, 0.1) is 0 Å². The van der Waals surface area contributed by atoms with E-state index in [9.17, 15) is 13.6 Å². The zero-order valence-electron chi connectivity index (χ0n) is 19.9. The maximum absolute atomic E-state index is 13.6. The van der Waals surface area contributed by atoms with E-state index in [1.165, 1.54) is 12.1 Å². The number of alkyl halides is 2. The van der Waals surface area contributed by atoms with Crippen LogP contribution in [0.2, 0.25) is 0 Å². The Balaban J connectivity index is 2.32. The van der Waals surface area contributed by atoms with Gasteiger partial charge in [-0.2, -0.15) is 12.6 Å². The van der Waals surface area contributed by atoms with E-state index in [0.29, 0.717) is 30.2 Å². The van der Waals surface area contributed by atoms with E-state index >= 15 is 0 Å². The highest BCUT2D eigenvalue weighted by molar-refractivity contribution is 7.81. The van der Waals surface area contributed by atoms with Crippen LogP contribution in [0.4, 0.5) is 13.6 Å². The summed E-state index contributed by atoms with van der Waals surface area (Å²) in [7, 11) is 1.61. The van der Waals surface area contributed by atoms with E-state index < -0.39 is 23.7 Å². The quantitative estimate of drug-likeness (QED) is 0.244. The summed E-state index contributed by atoms with van der Waals surface area (Å²) in [4.78, 5) is 18.8. The monoisotopic (exact) mass is 468 g/mol. The minimum Gasteiger partial charge on any atom is -0.444 e. The number of hydrogen-bond acceptors (Lipinski definition) is 5. The molecule has 0 saturated carbocycles. The first-order chi connectivity index (χ1) is 14.7. The Bertz CT molecular complexity index is 867.